The zero-order valence-electron chi connectivity index (χ0n) is 10.4. The number of anilines is 1. The molecule has 0 unspecified atom stereocenters. The molecule has 0 bridgehead atoms. The van der Waals surface area contributed by atoms with E-state index in [-0.39, 0.29) is 5.91 Å². The summed E-state index contributed by atoms with van der Waals surface area (Å²) in [5, 5.41) is 2.78. The number of aromatic nitrogens is 1. The van der Waals surface area contributed by atoms with Crippen molar-refractivity contribution in [2.75, 3.05) is 11.1 Å². The van der Waals surface area contributed by atoms with Crippen LogP contribution in [-0.4, -0.2) is 16.6 Å². The van der Waals surface area contributed by atoms with Crippen molar-refractivity contribution in [3.05, 3.63) is 52.6 Å². The minimum atomic E-state index is -0.0500. The Bertz CT molecular complexity index is 572. The molecule has 1 aromatic heterocycles. The molecule has 5 heteroatoms. The van der Waals surface area contributed by atoms with E-state index in [4.69, 9.17) is 0 Å². The van der Waals surface area contributed by atoms with Crippen LogP contribution in [0.25, 0.3) is 0 Å². The number of aryl methyl sites for hydroxylation is 1. The van der Waals surface area contributed by atoms with E-state index in [0.29, 0.717) is 11.6 Å². The highest BCUT2D eigenvalue weighted by atomic mass is 79.9. The predicted molar refractivity (Wildman–Crippen MR) is 82.5 cm³/mol. The van der Waals surface area contributed by atoms with Crippen LogP contribution in [0.15, 0.2) is 52.0 Å². The van der Waals surface area contributed by atoms with Gasteiger partial charge in [-0.15, -0.1) is 11.8 Å². The van der Waals surface area contributed by atoms with Crippen LogP contribution in [0.3, 0.4) is 0 Å². The average molecular weight is 337 g/mol. The van der Waals surface area contributed by atoms with Gasteiger partial charge >= 0.3 is 0 Å². The molecule has 0 aliphatic heterocycles. The maximum absolute atomic E-state index is 11.8. The summed E-state index contributed by atoms with van der Waals surface area (Å²) in [5.74, 6) is 0.921. The largest absolute Gasteiger partial charge is 0.310 e. The van der Waals surface area contributed by atoms with Gasteiger partial charge in [0.25, 0.3) is 0 Å². The van der Waals surface area contributed by atoms with Crippen LogP contribution in [0.1, 0.15) is 5.56 Å². The second-order valence-electron chi connectivity index (χ2n) is 4.01. The van der Waals surface area contributed by atoms with Gasteiger partial charge in [0, 0.05) is 15.6 Å². The molecular formula is C14H13BrN2OS. The molecule has 3 nitrogen and oxygen atoms in total. The number of carbonyl (C=O) groups excluding carboxylic acids is 1. The standard InChI is InChI=1S/C14H13BrN2OS/c1-10-6-7-16-13(8-10)17-14(18)9-19-12-4-2-11(15)3-5-12/h2-8H,9H2,1H3,(H,16,17,18). The number of benzene rings is 1. The Labute approximate surface area is 125 Å². The second-order valence-corrected chi connectivity index (χ2v) is 5.97. The van der Waals surface area contributed by atoms with Crippen molar-refractivity contribution in [3.8, 4) is 0 Å². The summed E-state index contributed by atoms with van der Waals surface area (Å²) in [6.45, 7) is 1.97. The fourth-order valence-corrected chi connectivity index (χ4v) is 2.43. The number of nitrogens with one attached hydrogen (secondary N) is 1. The molecule has 0 spiro atoms. The number of amides is 1. The lowest BCUT2D eigenvalue weighted by molar-refractivity contribution is -0.113. The summed E-state index contributed by atoms with van der Waals surface area (Å²) in [5.41, 5.74) is 1.07. The van der Waals surface area contributed by atoms with Gasteiger partial charge in [-0.05, 0) is 48.9 Å². The molecule has 0 atom stereocenters. The summed E-state index contributed by atoms with van der Waals surface area (Å²) in [6.07, 6.45) is 1.69. The first kappa shape index (κ1) is 14.1. The maximum atomic E-state index is 11.8. The summed E-state index contributed by atoms with van der Waals surface area (Å²) in [6, 6.07) is 11.6. The molecule has 1 aromatic carbocycles. The Kier molecular flexibility index (Phi) is 4.99. The first-order valence-electron chi connectivity index (χ1n) is 5.74. The molecule has 2 rings (SSSR count). The fraction of sp³-hybridized carbons (Fsp3) is 0.143. The molecule has 1 amide bonds. The third-order valence-electron chi connectivity index (χ3n) is 2.37. The monoisotopic (exact) mass is 336 g/mol. The van der Waals surface area contributed by atoms with E-state index < -0.39 is 0 Å². The molecule has 1 heterocycles. The summed E-state index contributed by atoms with van der Waals surface area (Å²) < 4.78 is 1.03. The minimum absolute atomic E-state index is 0.0500. The first-order valence-corrected chi connectivity index (χ1v) is 7.52. The smallest absolute Gasteiger partial charge is 0.235 e. The van der Waals surface area contributed by atoms with Crippen molar-refractivity contribution in [2.24, 2.45) is 0 Å². The van der Waals surface area contributed by atoms with Crippen molar-refractivity contribution >= 4 is 39.4 Å². The normalized spacial score (nSPS) is 10.2. The zero-order chi connectivity index (χ0) is 13.7. The first-order chi connectivity index (χ1) is 9.13. The molecule has 0 radical (unpaired) electrons. The highest BCUT2D eigenvalue weighted by Gasteiger charge is 2.04. The molecule has 2 aromatic rings. The lowest BCUT2D eigenvalue weighted by Crippen LogP contribution is -2.14. The van der Waals surface area contributed by atoms with Crippen LogP contribution in [0, 0.1) is 6.92 Å². The predicted octanol–water partition coefficient (Wildman–Crippen LogP) is 3.88. The third-order valence-corrected chi connectivity index (χ3v) is 3.91. The van der Waals surface area contributed by atoms with Crippen molar-refractivity contribution < 1.29 is 4.79 Å². The van der Waals surface area contributed by atoms with E-state index >= 15 is 0 Å². The number of halogens is 1. The van der Waals surface area contributed by atoms with Crippen LogP contribution in [0.4, 0.5) is 5.82 Å². The van der Waals surface area contributed by atoms with Gasteiger partial charge in [-0.2, -0.15) is 0 Å². The van der Waals surface area contributed by atoms with Gasteiger partial charge in [0.1, 0.15) is 5.82 Å². The van der Waals surface area contributed by atoms with Crippen molar-refractivity contribution in [1.82, 2.24) is 4.98 Å². The summed E-state index contributed by atoms with van der Waals surface area (Å²) in [7, 11) is 0. The molecular weight excluding hydrogens is 324 g/mol. The number of nitrogens with zero attached hydrogens (tertiary/aromatic N) is 1. The van der Waals surface area contributed by atoms with Gasteiger partial charge in [-0.25, -0.2) is 4.98 Å². The fourth-order valence-electron chi connectivity index (χ4n) is 1.46. The summed E-state index contributed by atoms with van der Waals surface area (Å²) in [4.78, 5) is 16.9. The molecule has 0 fully saturated rings. The molecule has 98 valence electrons. The van der Waals surface area contributed by atoms with Gasteiger partial charge in [0.15, 0.2) is 0 Å². The van der Waals surface area contributed by atoms with Crippen LogP contribution in [0.5, 0.6) is 0 Å². The van der Waals surface area contributed by atoms with E-state index in [1.165, 1.54) is 11.8 Å². The van der Waals surface area contributed by atoms with Gasteiger partial charge in [0.05, 0.1) is 5.75 Å². The molecule has 0 aliphatic rings. The summed E-state index contributed by atoms with van der Waals surface area (Å²) >= 11 is 4.88. The van der Waals surface area contributed by atoms with Crippen molar-refractivity contribution in [3.63, 3.8) is 0 Å². The molecule has 19 heavy (non-hydrogen) atoms. The number of thioether (sulfide) groups is 1. The van der Waals surface area contributed by atoms with Gasteiger partial charge in [-0.3, -0.25) is 4.79 Å². The van der Waals surface area contributed by atoms with E-state index in [1.807, 2.05) is 43.3 Å². The van der Waals surface area contributed by atoms with E-state index in [1.54, 1.807) is 6.20 Å². The maximum Gasteiger partial charge on any atom is 0.235 e. The Morgan fingerprint density at radius 1 is 1.32 bits per heavy atom. The van der Waals surface area contributed by atoms with Gasteiger partial charge < -0.3 is 5.32 Å². The van der Waals surface area contributed by atoms with Crippen LogP contribution < -0.4 is 5.32 Å². The molecule has 1 N–H and O–H groups in total. The third kappa shape index (κ3) is 4.69. The number of carbonyl (C=O) groups is 1. The second kappa shape index (κ2) is 6.73. The van der Waals surface area contributed by atoms with Crippen LogP contribution in [-0.2, 0) is 4.79 Å². The van der Waals surface area contributed by atoms with E-state index in [2.05, 4.69) is 26.2 Å². The van der Waals surface area contributed by atoms with E-state index in [9.17, 15) is 4.79 Å². The lowest BCUT2D eigenvalue weighted by atomic mass is 10.3. The lowest BCUT2D eigenvalue weighted by Gasteiger charge is -2.05. The SMILES string of the molecule is Cc1ccnc(NC(=O)CSc2ccc(Br)cc2)c1. The Hall–Kier alpha value is -1.33. The zero-order valence-corrected chi connectivity index (χ0v) is 12.8. The van der Waals surface area contributed by atoms with Gasteiger partial charge in [-0.1, -0.05) is 15.9 Å². The minimum Gasteiger partial charge on any atom is -0.310 e. The number of hydrogen-bond donors (Lipinski definition) is 1. The van der Waals surface area contributed by atoms with Crippen LogP contribution >= 0.6 is 27.7 Å². The highest BCUT2D eigenvalue weighted by Crippen LogP contribution is 2.20. The van der Waals surface area contributed by atoms with E-state index in [0.717, 1.165) is 14.9 Å². The number of pyridine rings is 1. The van der Waals surface area contributed by atoms with Gasteiger partial charge in [0.2, 0.25) is 5.91 Å². The Balaban J connectivity index is 1.86. The van der Waals surface area contributed by atoms with Crippen molar-refractivity contribution in [2.45, 2.75) is 11.8 Å². The topological polar surface area (TPSA) is 42.0 Å². The number of hydrogen-bond acceptors (Lipinski definition) is 3. The molecule has 0 saturated heterocycles. The highest BCUT2D eigenvalue weighted by molar-refractivity contribution is 9.10. The molecule has 0 saturated carbocycles. The average Bonchev–Trinajstić information content (AvgIpc) is 2.38. The Morgan fingerprint density at radius 2 is 2.05 bits per heavy atom. The Morgan fingerprint density at radius 3 is 2.74 bits per heavy atom. The molecule has 0 aliphatic carbocycles. The number of rotatable bonds is 4. The van der Waals surface area contributed by atoms with Crippen LogP contribution in [0.2, 0.25) is 0 Å². The van der Waals surface area contributed by atoms with Crippen molar-refractivity contribution in [1.29, 1.82) is 0 Å². The quantitative estimate of drug-likeness (QED) is 0.861.